The number of rotatable bonds is 9. The number of sulfonamides is 1. The maximum atomic E-state index is 13.4. The van der Waals surface area contributed by atoms with E-state index in [-0.39, 0.29) is 35.7 Å². The van der Waals surface area contributed by atoms with Gasteiger partial charge < -0.3 is 15.4 Å². The number of nitrogens with one attached hydrogen (secondary N) is 2. The van der Waals surface area contributed by atoms with Crippen molar-refractivity contribution in [2.45, 2.75) is 75.4 Å². The van der Waals surface area contributed by atoms with Gasteiger partial charge in [-0.05, 0) is 67.7 Å². The molecule has 2 N–H and O–H groups in total. The summed E-state index contributed by atoms with van der Waals surface area (Å²) < 4.78 is 32.7. The maximum Gasteiger partial charge on any atom is 0.221 e. The molecule has 5 rings (SSSR count). The average Bonchev–Trinajstić information content (AvgIpc) is 3.33. The van der Waals surface area contributed by atoms with E-state index in [0.717, 1.165) is 56.1 Å². The summed E-state index contributed by atoms with van der Waals surface area (Å²) in [4.78, 5) is 17.7. The topological polar surface area (TPSA) is 101 Å². The molecule has 1 aromatic carbocycles. The quantitative estimate of drug-likeness (QED) is 0.468. The normalized spacial score (nSPS) is 28.8. The molecule has 212 valence electrons. The highest BCUT2D eigenvalue weighted by atomic mass is 35.5. The van der Waals surface area contributed by atoms with E-state index < -0.39 is 10.0 Å². The van der Waals surface area contributed by atoms with E-state index in [1.807, 2.05) is 36.4 Å². The molecule has 3 aliphatic rings. The molecule has 10 heteroatoms. The SMILES string of the molecule is COc1ccc(C(CC(=O)NC2CCCC2CCC2CNC3CCCS(=O)(=O)N2C3)c2ccc(Cl)cc2)cn1. The van der Waals surface area contributed by atoms with Gasteiger partial charge in [0.15, 0.2) is 0 Å². The van der Waals surface area contributed by atoms with Crippen LogP contribution in [0.1, 0.15) is 68.4 Å². The summed E-state index contributed by atoms with van der Waals surface area (Å²) in [7, 11) is -1.61. The molecule has 6 atom stereocenters. The summed E-state index contributed by atoms with van der Waals surface area (Å²) in [5.41, 5.74) is 1.95. The zero-order valence-corrected chi connectivity index (χ0v) is 24.1. The average molecular weight is 575 g/mol. The Morgan fingerprint density at radius 2 is 1.92 bits per heavy atom. The molecule has 1 aromatic heterocycles. The third-order valence-electron chi connectivity index (χ3n) is 8.67. The van der Waals surface area contributed by atoms with E-state index in [2.05, 4.69) is 15.6 Å². The zero-order chi connectivity index (χ0) is 27.4. The molecule has 39 heavy (non-hydrogen) atoms. The van der Waals surface area contributed by atoms with Crippen molar-refractivity contribution >= 4 is 27.5 Å². The maximum absolute atomic E-state index is 13.4. The number of hydrogen-bond donors (Lipinski definition) is 2. The molecule has 8 nitrogen and oxygen atoms in total. The van der Waals surface area contributed by atoms with Crippen molar-refractivity contribution in [2.24, 2.45) is 5.92 Å². The lowest BCUT2D eigenvalue weighted by molar-refractivity contribution is -0.122. The van der Waals surface area contributed by atoms with Crippen LogP contribution in [0.4, 0.5) is 0 Å². The molecule has 1 aliphatic carbocycles. The Labute approximate surface area is 236 Å². The van der Waals surface area contributed by atoms with Crippen LogP contribution in [-0.4, -0.2) is 67.7 Å². The predicted octanol–water partition coefficient (Wildman–Crippen LogP) is 4.10. The molecule has 6 unspecified atom stereocenters. The summed E-state index contributed by atoms with van der Waals surface area (Å²) in [5, 5.41) is 7.55. The number of hydrogen-bond acceptors (Lipinski definition) is 6. The lowest BCUT2D eigenvalue weighted by Gasteiger charge is -2.38. The molecule has 0 spiro atoms. The van der Waals surface area contributed by atoms with Crippen LogP contribution in [0.2, 0.25) is 5.02 Å². The second kappa shape index (κ2) is 12.5. The Kier molecular flexibility index (Phi) is 9.11. The molecule has 1 amide bonds. The Hall–Kier alpha value is -2.20. The van der Waals surface area contributed by atoms with Gasteiger partial charge >= 0.3 is 0 Å². The number of fused-ring (bicyclic) bond motifs is 2. The fraction of sp³-hybridized carbons (Fsp3) is 0.586. The smallest absolute Gasteiger partial charge is 0.221 e. The van der Waals surface area contributed by atoms with Crippen LogP contribution < -0.4 is 15.4 Å². The number of carbonyl (C=O) groups is 1. The van der Waals surface area contributed by atoms with Gasteiger partial charge in [0, 0.05) is 60.8 Å². The third-order valence-corrected chi connectivity index (χ3v) is 10.9. The first-order valence-electron chi connectivity index (χ1n) is 14.1. The van der Waals surface area contributed by atoms with Gasteiger partial charge in [-0.2, -0.15) is 4.31 Å². The van der Waals surface area contributed by atoms with Crippen molar-refractivity contribution < 1.29 is 17.9 Å². The van der Waals surface area contributed by atoms with Crippen LogP contribution >= 0.6 is 11.6 Å². The number of nitrogens with zero attached hydrogens (tertiary/aromatic N) is 2. The Balaban J connectivity index is 1.22. The van der Waals surface area contributed by atoms with Crippen molar-refractivity contribution in [1.29, 1.82) is 0 Å². The lowest BCUT2D eigenvalue weighted by Crippen LogP contribution is -2.57. The van der Waals surface area contributed by atoms with Crippen LogP contribution in [0.5, 0.6) is 5.88 Å². The second-order valence-electron chi connectivity index (χ2n) is 11.2. The van der Waals surface area contributed by atoms with Crippen molar-refractivity contribution in [3.8, 4) is 5.88 Å². The number of aromatic nitrogens is 1. The minimum Gasteiger partial charge on any atom is -0.481 e. The molecule has 1 saturated carbocycles. The molecule has 3 heterocycles. The first kappa shape index (κ1) is 28.3. The zero-order valence-electron chi connectivity index (χ0n) is 22.5. The number of pyridine rings is 1. The van der Waals surface area contributed by atoms with Gasteiger partial charge in [-0.25, -0.2) is 13.4 Å². The minimum atomic E-state index is -3.19. The third kappa shape index (κ3) is 6.93. The Morgan fingerprint density at radius 3 is 2.67 bits per heavy atom. The van der Waals surface area contributed by atoms with Crippen molar-refractivity contribution in [2.75, 3.05) is 26.0 Å². The predicted molar refractivity (Wildman–Crippen MR) is 153 cm³/mol. The number of benzene rings is 1. The lowest BCUT2D eigenvalue weighted by atomic mass is 9.88. The molecular weight excluding hydrogens is 536 g/mol. The van der Waals surface area contributed by atoms with Crippen molar-refractivity contribution in [3.63, 3.8) is 0 Å². The number of halogens is 1. The van der Waals surface area contributed by atoms with Gasteiger partial charge in [0.25, 0.3) is 0 Å². The van der Waals surface area contributed by atoms with Crippen LogP contribution in [0.15, 0.2) is 42.6 Å². The van der Waals surface area contributed by atoms with Crippen LogP contribution in [0.3, 0.4) is 0 Å². The molecular formula is C29H39ClN4O4S. The second-order valence-corrected chi connectivity index (χ2v) is 13.6. The first-order valence-corrected chi connectivity index (χ1v) is 16.1. The number of methoxy groups -OCH3 is 1. The van der Waals surface area contributed by atoms with Crippen LogP contribution in [0, 0.1) is 5.92 Å². The molecule has 2 bridgehead atoms. The fourth-order valence-electron chi connectivity index (χ4n) is 6.52. The molecule has 2 aromatic rings. The summed E-state index contributed by atoms with van der Waals surface area (Å²) >= 11 is 6.13. The van der Waals surface area contributed by atoms with Crippen molar-refractivity contribution in [3.05, 3.63) is 58.7 Å². The van der Waals surface area contributed by atoms with Gasteiger partial charge in [0.2, 0.25) is 21.8 Å². The molecule has 2 aliphatic heterocycles. The van der Waals surface area contributed by atoms with Crippen LogP contribution in [-0.2, 0) is 14.8 Å². The molecule has 3 fully saturated rings. The Bertz CT molecular complexity index is 1220. The number of carbonyl (C=O) groups excluding carboxylic acids is 1. The van der Waals surface area contributed by atoms with Gasteiger partial charge in [0.05, 0.1) is 12.9 Å². The molecule has 0 radical (unpaired) electrons. The number of ether oxygens (including phenoxy) is 1. The minimum absolute atomic E-state index is 0.00170. The standard InChI is InChI=1S/C29H39ClN4O4S/c1-38-29-14-10-22(17-32-29)26(20-7-11-23(30)12-8-20)16-28(35)33-27-6-2-4-21(27)9-13-25-18-31-24-5-3-15-39(36,37)34(25)19-24/h7-8,10-12,14,17,21,24-27,31H,2-6,9,13,15-16,18-19H2,1H3,(H,33,35). The van der Waals surface area contributed by atoms with E-state index in [9.17, 15) is 13.2 Å². The summed E-state index contributed by atoms with van der Waals surface area (Å²) in [6.45, 7) is 1.30. The number of amides is 1. The van der Waals surface area contributed by atoms with Gasteiger partial charge in [-0.3, -0.25) is 4.79 Å². The Morgan fingerprint density at radius 1 is 1.13 bits per heavy atom. The van der Waals surface area contributed by atoms with Crippen LogP contribution in [0.25, 0.3) is 0 Å². The van der Waals surface area contributed by atoms with E-state index >= 15 is 0 Å². The summed E-state index contributed by atoms with van der Waals surface area (Å²) in [6.07, 6.45) is 8.54. The number of piperazine rings is 1. The van der Waals surface area contributed by atoms with E-state index in [1.54, 1.807) is 17.6 Å². The monoisotopic (exact) mass is 574 g/mol. The summed E-state index contributed by atoms with van der Waals surface area (Å²) in [6, 6.07) is 11.8. The highest BCUT2D eigenvalue weighted by molar-refractivity contribution is 7.89. The highest BCUT2D eigenvalue weighted by Gasteiger charge is 2.39. The van der Waals surface area contributed by atoms with Gasteiger partial charge in [-0.1, -0.05) is 36.2 Å². The highest BCUT2D eigenvalue weighted by Crippen LogP contribution is 2.34. The first-order chi connectivity index (χ1) is 18.8. The largest absolute Gasteiger partial charge is 0.481 e. The van der Waals surface area contributed by atoms with E-state index in [1.165, 1.54) is 0 Å². The van der Waals surface area contributed by atoms with E-state index in [0.29, 0.717) is 36.3 Å². The summed E-state index contributed by atoms with van der Waals surface area (Å²) in [5.74, 6) is 0.999. The molecule has 2 saturated heterocycles. The van der Waals surface area contributed by atoms with Crippen molar-refractivity contribution in [1.82, 2.24) is 19.9 Å². The van der Waals surface area contributed by atoms with Gasteiger partial charge in [-0.15, -0.1) is 0 Å². The van der Waals surface area contributed by atoms with E-state index in [4.69, 9.17) is 16.3 Å². The fourth-order valence-corrected chi connectivity index (χ4v) is 8.45. The van der Waals surface area contributed by atoms with Gasteiger partial charge in [0.1, 0.15) is 0 Å².